The molecule has 0 bridgehead atoms. The van der Waals surface area contributed by atoms with E-state index in [1.807, 2.05) is 85.5 Å². The molecule has 0 aliphatic heterocycles. The van der Waals surface area contributed by atoms with Gasteiger partial charge in [-0.05, 0) is 61.6 Å². The maximum Gasteiger partial charge on any atom is 0.266 e. The summed E-state index contributed by atoms with van der Waals surface area (Å²) in [6, 6.07) is 25.2. The van der Waals surface area contributed by atoms with Gasteiger partial charge in [-0.2, -0.15) is 0 Å². The van der Waals surface area contributed by atoms with Gasteiger partial charge in [0.25, 0.3) is 5.56 Å². The summed E-state index contributed by atoms with van der Waals surface area (Å²) in [5, 5.41) is 0.568. The van der Waals surface area contributed by atoms with E-state index in [0.29, 0.717) is 29.7 Å². The monoisotopic (exact) mass is 467 g/mol. The fraction of sp³-hybridized carbons (Fsp3) is 0.300. The summed E-state index contributed by atoms with van der Waals surface area (Å²) in [6.45, 7) is 6.65. The van der Waals surface area contributed by atoms with Crippen molar-refractivity contribution in [3.63, 3.8) is 0 Å². The number of fused-ring (bicyclic) bond motifs is 1. The van der Waals surface area contributed by atoms with E-state index in [4.69, 9.17) is 4.98 Å². The van der Waals surface area contributed by atoms with E-state index in [2.05, 4.69) is 19.1 Å². The zero-order valence-corrected chi connectivity index (χ0v) is 20.8. The Kier molecular flexibility index (Phi) is 7.76. The van der Waals surface area contributed by atoms with E-state index >= 15 is 0 Å². The van der Waals surface area contributed by atoms with E-state index < -0.39 is 0 Å². The second-order valence-electron chi connectivity index (χ2n) is 8.90. The number of aryl methyl sites for hydroxylation is 1. The molecule has 5 heteroatoms. The van der Waals surface area contributed by atoms with Gasteiger partial charge in [-0.25, -0.2) is 4.98 Å². The minimum atomic E-state index is -0.374. The summed E-state index contributed by atoms with van der Waals surface area (Å²) >= 11 is 0. The third kappa shape index (κ3) is 5.35. The fourth-order valence-corrected chi connectivity index (χ4v) is 4.49. The Balaban J connectivity index is 1.82. The lowest BCUT2D eigenvalue weighted by Crippen LogP contribution is -2.38. The van der Waals surface area contributed by atoms with Gasteiger partial charge in [-0.3, -0.25) is 14.2 Å². The number of hydrogen-bond acceptors (Lipinski definition) is 3. The molecule has 0 aliphatic carbocycles. The molecule has 35 heavy (non-hydrogen) atoms. The highest BCUT2D eigenvalue weighted by molar-refractivity contribution is 5.79. The molecule has 0 radical (unpaired) electrons. The molecule has 0 fully saturated rings. The van der Waals surface area contributed by atoms with E-state index in [1.165, 1.54) is 11.1 Å². The Morgan fingerprint density at radius 2 is 1.60 bits per heavy atom. The van der Waals surface area contributed by atoms with Gasteiger partial charge in [0.15, 0.2) is 0 Å². The Labute approximate surface area is 207 Å². The molecule has 5 nitrogen and oxygen atoms in total. The maximum absolute atomic E-state index is 13.7. The van der Waals surface area contributed by atoms with Crippen molar-refractivity contribution in [1.82, 2.24) is 14.5 Å². The number of hydrogen-bond donors (Lipinski definition) is 0. The number of para-hydroxylation sites is 1. The number of rotatable bonds is 9. The molecule has 1 atom stereocenters. The predicted octanol–water partition coefficient (Wildman–Crippen LogP) is 5.88. The first-order valence-corrected chi connectivity index (χ1v) is 12.5. The van der Waals surface area contributed by atoms with Crippen LogP contribution in [0.25, 0.3) is 16.6 Å². The molecule has 4 rings (SSSR count). The standard InChI is InChI=1S/C30H33N3O2/c1-4-11-28(34)32(21-20-24-12-7-6-8-13-24)22(3)29-31-27-15-10-9-14-26(27)30(35)33(29)25-18-16-23(5-2)17-19-25/h6-10,12-19,22H,4-5,11,20-21H2,1-3H3. The molecule has 1 heterocycles. The Bertz CT molecular complexity index is 1340. The molecule has 0 saturated heterocycles. The van der Waals surface area contributed by atoms with Crippen molar-refractivity contribution >= 4 is 16.8 Å². The highest BCUT2D eigenvalue weighted by atomic mass is 16.2. The fourth-order valence-electron chi connectivity index (χ4n) is 4.49. The van der Waals surface area contributed by atoms with Gasteiger partial charge >= 0.3 is 0 Å². The summed E-state index contributed by atoms with van der Waals surface area (Å²) in [7, 11) is 0. The molecule has 0 spiro atoms. The molecule has 0 N–H and O–H groups in total. The van der Waals surface area contributed by atoms with Crippen LogP contribution >= 0.6 is 0 Å². The molecule has 0 aliphatic rings. The van der Waals surface area contributed by atoms with Crippen LogP contribution in [-0.4, -0.2) is 26.9 Å². The van der Waals surface area contributed by atoms with Crippen LogP contribution in [0.1, 0.15) is 56.6 Å². The lowest BCUT2D eigenvalue weighted by atomic mass is 10.1. The van der Waals surface area contributed by atoms with Crippen LogP contribution in [0.4, 0.5) is 0 Å². The van der Waals surface area contributed by atoms with Crippen molar-refractivity contribution in [3.05, 3.63) is 106 Å². The van der Waals surface area contributed by atoms with Gasteiger partial charge in [-0.1, -0.05) is 68.4 Å². The van der Waals surface area contributed by atoms with Crippen LogP contribution in [0.3, 0.4) is 0 Å². The molecule has 1 unspecified atom stereocenters. The number of carbonyl (C=O) groups is 1. The third-order valence-corrected chi connectivity index (χ3v) is 6.51. The average molecular weight is 468 g/mol. The highest BCUT2D eigenvalue weighted by Crippen LogP contribution is 2.24. The molecule has 4 aromatic rings. The van der Waals surface area contributed by atoms with Crippen LogP contribution in [-0.2, 0) is 17.6 Å². The topological polar surface area (TPSA) is 55.2 Å². The number of amides is 1. The summed E-state index contributed by atoms with van der Waals surface area (Å²) < 4.78 is 1.68. The number of aromatic nitrogens is 2. The van der Waals surface area contributed by atoms with Gasteiger partial charge in [0.1, 0.15) is 5.82 Å². The van der Waals surface area contributed by atoms with Crippen LogP contribution in [0.5, 0.6) is 0 Å². The molecule has 1 aromatic heterocycles. The smallest absolute Gasteiger partial charge is 0.266 e. The van der Waals surface area contributed by atoms with Gasteiger partial charge in [-0.15, -0.1) is 0 Å². The second kappa shape index (κ2) is 11.1. The molecular weight excluding hydrogens is 434 g/mol. The van der Waals surface area contributed by atoms with E-state index in [9.17, 15) is 9.59 Å². The summed E-state index contributed by atoms with van der Waals surface area (Å²) in [6.07, 6.45) is 2.89. The summed E-state index contributed by atoms with van der Waals surface area (Å²) in [5.41, 5.74) is 3.67. The van der Waals surface area contributed by atoms with Crippen LogP contribution in [0.15, 0.2) is 83.7 Å². The minimum absolute atomic E-state index is 0.0752. The number of carbonyl (C=O) groups excluding carboxylic acids is 1. The van der Waals surface area contributed by atoms with Crippen molar-refractivity contribution in [2.24, 2.45) is 0 Å². The van der Waals surface area contributed by atoms with Gasteiger partial charge in [0, 0.05) is 13.0 Å². The van der Waals surface area contributed by atoms with Crippen LogP contribution in [0, 0.1) is 0 Å². The van der Waals surface area contributed by atoms with Crippen molar-refractivity contribution in [1.29, 1.82) is 0 Å². The van der Waals surface area contributed by atoms with Gasteiger partial charge < -0.3 is 4.90 Å². The second-order valence-corrected chi connectivity index (χ2v) is 8.90. The van der Waals surface area contributed by atoms with Crippen LogP contribution < -0.4 is 5.56 Å². The van der Waals surface area contributed by atoms with E-state index in [1.54, 1.807) is 4.57 Å². The molecule has 3 aromatic carbocycles. The summed E-state index contributed by atoms with van der Waals surface area (Å²) in [4.78, 5) is 33.8. The molecule has 0 saturated carbocycles. The Morgan fingerprint density at radius 1 is 0.914 bits per heavy atom. The summed E-state index contributed by atoms with van der Waals surface area (Å²) in [5.74, 6) is 0.654. The molecule has 180 valence electrons. The van der Waals surface area contributed by atoms with Crippen molar-refractivity contribution in [2.75, 3.05) is 6.54 Å². The van der Waals surface area contributed by atoms with Crippen molar-refractivity contribution < 1.29 is 4.79 Å². The first-order valence-electron chi connectivity index (χ1n) is 12.5. The first kappa shape index (κ1) is 24.4. The highest BCUT2D eigenvalue weighted by Gasteiger charge is 2.26. The first-order chi connectivity index (χ1) is 17.0. The Morgan fingerprint density at radius 3 is 2.29 bits per heavy atom. The largest absolute Gasteiger partial charge is 0.332 e. The van der Waals surface area contributed by atoms with E-state index in [-0.39, 0.29) is 17.5 Å². The Hall–Kier alpha value is -3.73. The number of nitrogens with zero attached hydrogens (tertiary/aromatic N) is 3. The maximum atomic E-state index is 13.7. The SMILES string of the molecule is CCCC(=O)N(CCc1ccccc1)C(C)c1nc2ccccc2c(=O)n1-c1ccc(CC)cc1. The average Bonchev–Trinajstić information content (AvgIpc) is 2.89. The van der Waals surface area contributed by atoms with Crippen molar-refractivity contribution in [2.45, 2.75) is 52.5 Å². The predicted molar refractivity (Wildman–Crippen MR) is 142 cm³/mol. The molecule has 1 amide bonds. The zero-order chi connectivity index (χ0) is 24.8. The van der Waals surface area contributed by atoms with Gasteiger partial charge in [0.2, 0.25) is 5.91 Å². The van der Waals surface area contributed by atoms with Crippen molar-refractivity contribution in [3.8, 4) is 5.69 Å². The van der Waals surface area contributed by atoms with Crippen LogP contribution in [0.2, 0.25) is 0 Å². The zero-order valence-electron chi connectivity index (χ0n) is 20.8. The van der Waals surface area contributed by atoms with Gasteiger partial charge in [0.05, 0.1) is 22.6 Å². The lowest BCUT2D eigenvalue weighted by Gasteiger charge is -2.31. The molecular formula is C30H33N3O2. The van der Waals surface area contributed by atoms with E-state index in [0.717, 1.165) is 24.9 Å². The minimum Gasteiger partial charge on any atom is -0.332 e. The third-order valence-electron chi connectivity index (χ3n) is 6.51. The lowest BCUT2D eigenvalue weighted by molar-refractivity contribution is -0.133. The number of benzene rings is 3. The quantitative estimate of drug-likeness (QED) is 0.309. The normalized spacial score (nSPS) is 12.0.